The van der Waals surface area contributed by atoms with Crippen molar-refractivity contribution < 1.29 is 4.79 Å². The standard InChI is InChI=1S/C20H25N7O/c1-13-4-3-5-16(10-13)25-15-6-8-26(9-7-15)20(28)14(2)27-12-24-17-18(21)22-11-23-19(17)27/h3-5,10-12,14-15,25H,6-9H2,1-2H3,(H2,21,22,23). The second-order valence-corrected chi connectivity index (χ2v) is 7.37. The van der Waals surface area contributed by atoms with Crippen molar-refractivity contribution in [3.63, 3.8) is 0 Å². The van der Waals surface area contributed by atoms with E-state index in [2.05, 4.69) is 51.5 Å². The number of carbonyl (C=O) groups is 1. The molecule has 1 amide bonds. The van der Waals surface area contributed by atoms with Gasteiger partial charge in [-0.3, -0.25) is 4.79 Å². The molecule has 1 atom stereocenters. The Hall–Kier alpha value is -3.16. The molecule has 4 rings (SSSR count). The number of aromatic nitrogens is 4. The van der Waals surface area contributed by atoms with E-state index < -0.39 is 0 Å². The third kappa shape index (κ3) is 3.49. The van der Waals surface area contributed by atoms with E-state index in [9.17, 15) is 4.79 Å². The number of benzene rings is 1. The van der Waals surface area contributed by atoms with Crippen LogP contribution in [0, 0.1) is 6.92 Å². The predicted molar refractivity (Wildman–Crippen MR) is 109 cm³/mol. The molecule has 8 heteroatoms. The molecule has 146 valence electrons. The summed E-state index contributed by atoms with van der Waals surface area (Å²) < 4.78 is 1.77. The third-order valence-corrected chi connectivity index (χ3v) is 5.36. The first kappa shape index (κ1) is 18.2. The van der Waals surface area contributed by atoms with Gasteiger partial charge in [-0.2, -0.15) is 0 Å². The van der Waals surface area contributed by atoms with Crippen molar-refractivity contribution in [2.75, 3.05) is 24.1 Å². The molecule has 1 aliphatic rings. The second kappa shape index (κ2) is 7.46. The Kier molecular flexibility index (Phi) is 4.85. The number of carbonyl (C=O) groups excluding carboxylic acids is 1. The number of anilines is 2. The van der Waals surface area contributed by atoms with Crippen LogP contribution >= 0.6 is 0 Å². The average molecular weight is 379 g/mol. The molecule has 0 spiro atoms. The van der Waals surface area contributed by atoms with E-state index in [1.807, 2.05) is 11.8 Å². The van der Waals surface area contributed by atoms with E-state index in [-0.39, 0.29) is 11.9 Å². The molecule has 3 N–H and O–H groups in total. The molecule has 0 radical (unpaired) electrons. The summed E-state index contributed by atoms with van der Waals surface area (Å²) in [6.07, 6.45) is 4.86. The number of likely N-dealkylation sites (tertiary alicyclic amines) is 1. The van der Waals surface area contributed by atoms with Crippen molar-refractivity contribution >= 4 is 28.6 Å². The fraction of sp³-hybridized carbons (Fsp3) is 0.400. The predicted octanol–water partition coefficient (Wildman–Crippen LogP) is 2.38. The zero-order valence-electron chi connectivity index (χ0n) is 16.2. The van der Waals surface area contributed by atoms with Gasteiger partial charge in [0, 0.05) is 24.8 Å². The highest BCUT2D eigenvalue weighted by Gasteiger charge is 2.28. The number of aryl methyl sites for hydroxylation is 1. The molecule has 1 aromatic carbocycles. The number of fused-ring (bicyclic) bond motifs is 1. The van der Waals surface area contributed by atoms with Gasteiger partial charge in [0.15, 0.2) is 11.5 Å². The summed E-state index contributed by atoms with van der Waals surface area (Å²) in [5.74, 6) is 0.400. The van der Waals surface area contributed by atoms with E-state index in [0.29, 0.717) is 23.0 Å². The van der Waals surface area contributed by atoms with Gasteiger partial charge in [-0.05, 0) is 44.4 Å². The number of nitrogens with zero attached hydrogens (tertiary/aromatic N) is 5. The van der Waals surface area contributed by atoms with E-state index in [1.165, 1.54) is 11.9 Å². The Morgan fingerprint density at radius 1 is 1.25 bits per heavy atom. The highest BCUT2D eigenvalue weighted by atomic mass is 16.2. The molecule has 3 aromatic rings. The maximum absolute atomic E-state index is 13.0. The molecular weight excluding hydrogens is 354 g/mol. The number of amides is 1. The summed E-state index contributed by atoms with van der Waals surface area (Å²) in [6, 6.07) is 8.38. The van der Waals surface area contributed by atoms with E-state index >= 15 is 0 Å². The number of rotatable bonds is 4. The zero-order chi connectivity index (χ0) is 19.7. The topological polar surface area (TPSA) is 102 Å². The maximum Gasteiger partial charge on any atom is 0.245 e. The van der Waals surface area contributed by atoms with Gasteiger partial charge in [0.05, 0.1) is 6.33 Å². The van der Waals surface area contributed by atoms with Crippen LogP contribution in [0.25, 0.3) is 11.2 Å². The first-order valence-corrected chi connectivity index (χ1v) is 9.58. The Morgan fingerprint density at radius 3 is 2.79 bits per heavy atom. The summed E-state index contributed by atoms with van der Waals surface area (Å²) in [5, 5.41) is 3.58. The molecule has 2 aromatic heterocycles. The van der Waals surface area contributed by atoms with Crippen molar-refractivity contribution in [3.05, 3.63) is 42.5 Å². The van der Waals surface area contributed by atoms with Crippen LogP contribution in [0.4, 0.5) is 11.5 Å². The number of piperidine rings is 1. The molecule has 28 heavy (non-hydrogen) atoms. The molecule has 1 unspecified atom stereocenters. The minimum Gasteiger partial charge on any atom is -0.382 e. The number of nitrogen functional groups attached to an aromatic ring is 1. The first-order valence-electron chi connectivity index (χ1n) is 9.58. The fourth-order valence-electron chi connectivity index (χ4n) is 3.75. The minimum atomic E-state index is -0.388. The van der Waals surface area contributed by atoms with Crippen molar-refractivity contribution in [1.29, 1.82) is 0 Å². The lowest BCUT2D eigenvalue weighted by molar-refractivity contribution is -0.135. The fourth-order valence-corrected chi connectivity index (χ4v) is 3.75. The lowest BCUT2D eigenvalue weighted by Crippen LogP contribution is -2.44. The van der Waals surface area contributed by atoms with Crippen LogP contribution in [0.5, 0.6) is 0 Å². The van der Waals surface area contributed by atoms with Gasteiger partial charge in [-0.15, -0.1) is 0 Å². The van der Waals surface area contributed by atoms with Crippen molar-refractivity contribution in [2.24, 2.45) is 0 Å². The van der Waals surface area contributed by atoms with Crippen LogP contribution in [0.1, 0.15) is 31.4 Å². The molecule has 0 bridgehead atoms. The first-order chi connectivity index (χ1) is 13.5. The Labute approximate surface area is 163 Å². The van der Waals surface area contributed by atoms with Crippen molar-refractivity contribution in [2.45, 2.75) is 38.8 Å². The van der Waals surface area contributed by atoms with Crippen molar-refractivity contribution in [1.82, 2.24) is 24.4 Å². The van der Waals surface area contributed by atoms with E-state index in [1.54, 1.807) is 10.9 Å². The number of nitrogens with one attached hydrogen (secondary N) is 1. The van der Waals surface area contributed by atoms with Gasteiger partial charge < -0.3 is 20.5 Å². The van der Waals surface area contributed by atoms with Crippen LogP contribution < -0.4 is 11.1 Å². The van der Waals surface area contributed by atoms with Crippen molar-refractivity contribution in [3.8, 4) is 0 Å². The van der Waals surface area contributed by atoms with Gasteiger partial charge in [-0.25, -0.2) is 15.0 Å². The van der Waals surface area contributed by atoms with E-state index in [0.717, 1.165) is 31.6 Å². The van der Waals surface area contributed by atoms with Crippen LogP contribution in [-0.4, -0.2) is 49.5 Å². The van der Waals surface area contributed by atoms with E-state index in [4.69, 9.17) is 5.73 Å². The molecule has 0 saturated carbocycles. The maximum atomic E-state index is 13.0. The van der Waals surface area contributed by atoms with Crippen LogP contribution in [0.15, 0.2) is 36.9 Å². The third-order valence-electron chi connectivity index (χ3n) is 5.36. The SMILES string of the molecule is Cc1cccc(NC2CCN(C(=O)C(C)n3cnc4c(N)ncnc43)CC2)c1. The Balaban J connectivity index is 1.40. The average Bonchev–Trinajstić information content (AvgIpc) is 3.13. The summed E-state index contributed by atoms with van der Waals surface area (Å²) >= 11 is 0. The van der Waals surface area contributed by atoms with Gasteiger partial charge in [0.2, 0.25) is 5.91 Å². The van der Waals surface area contributed by atoms with Gasteiger partial charge >= 0.3 is 0 Å². The number of hydrogen-bond acceptors (Lipinski definition) is 6. The second-order valence-electron chi connectivity index (χ2n) is 7.37. The Morgan fingerprint density at radius 2 is 2.04 bits per heavy atom. The lowest BCUT2D eigenvalue weighted by atomic mass is 10.0. The molecule has 1 saturated heterocycles. The summed E-state index contributed by atoms with van der Waals surface area (Å²) in [6.45, 7) is 5.43. The number of imidazole rings is 1. The van der Waals surface area contributed by atoms with Gasteiger partial charge in [0.25, 0.3) is 0 Å². The Bertz CT molecular complexity index is 991. The molecule has 0 aliphatic carbocycles. The number of nitrogens with two attached hydrogens (primary N) is 1. The van der Waals surface area contributed by atoms with Crippen LogP contribution in [0.2, 0.25) is 0 Å². The normalized spacial score (nSPS) is 16.3. The number of hydrogen-bond donors (Lipinski definition) is 2. The molecular formula is C20H25N7O. The molecule has 1 fully saturated rings. The summed E-state index contributed by atoms with van der Waals surface area (Å²) in [5.41, 5.74) is 9.34. The molecule has 1 aliphatic heterocycles. The largest absolute Gasteiger partial charge is 0.382 e. The van der Waals surface area contributed by atoms with Crippen LogP contribution in [-0.2, 0) is 4.79 Å². The quantitative estimate of drug-likeness (QED) is 0.722. The smallest absolute Gasteiger partial charge is 0.245 e. The minimum absolute atomic E-state index is 0.0745. The lowest BCUT2D eigenvalue weighted by Gasteiger charge is -2.34. The molecule has 8 nitrogen and oxygen atoms in total. The highest BCUT2D eigenvalue weighted by molar-refractivity contribution is 5.85. The monoisotopic (exact) mass is 379 g/mol. The van der Waals surface area contributed by atoms with Crippen LogP contribution in [0.3, 0.4) is 0 Å². The zero-order valence-corrected chi connectivity index (χ0v) is 16.2. The summed E-state index contributed by atoms with van der Waals surface area (Å²) in [4.78, 5) is 27.4. The highest BCUT2D eigenvalue weighted by Crippen LogP contribution is 2.23. The van der Waals surface area contributed by atoms with Gasteiger partial charge in [0.1, 0.15) is 17.9 Å². The molecule has 3 heterocycles. The summed E-state index contributed by atoms with van der Waals surface area (Å²) in [7, 11) is 0. The van der Waals surface area contributed by atoms with Gasteiger partial charge in [-0.1, -0.05) is 12.1 Å².